The van der Waals surface area contributed by atoms with E-state index < -0.39 is 5.41 Å². The highest BCUT2D eigenvalue weighted by molar-refractivity contribution is 5.95. The molecule has 3 rings (SSSR count). The fourth-order valence-electron chi connectivity index (χ4n) is 3.91. The number of hydrogen-bond acceptors (Lipinski definition) is 2. The van der Waals surface area contributed by atoms with Crippen molar-refractivity contribution < 1.29 is 9.53 Å². The van der Waals surface area contributed by atoms with Gasteiger partial charge in [0.05, 0.1) is 12.5 Å². The van der Waals surface area contributed by atoms with Gasteiger partial charge in [0.25, 0.3) is 0 Å². The van der Waals surface area contributed by atoms with Gasteiger partial charge in [-0.2, -0.15) is 0 Å². The molecule has 0 saturated carbocycles. The van der Waals surface area contributed by atoms with Gasteiger partial charge in [0.1, 0.15) is 5.75 Å². The zero-order valence-electron chi connectivity index (χ0n) is 15.2. The number of aromatic nitrogens is 1. The maximum atomic E-state index is 13.4. The van der Waals surface area contributed by atoms with Gasteiger partial charge in [-0.05, 0) is 63.3 Å². The maximum absolute atomic E-state index is 13.4. The van der Waals surface area contributed by atoms with Crippen LogP contribution in [0.5, 0.6) is 5.75 Å². The lowest BCUT2D eigenvalue weighted by molar-refractivity contribution is -0.140. The van der Waals surface area contributed by atoms with Crippen molar-refractivity contribution in [1.29, 1.82) is 0 Å². The Morgan fingerprint density at radius 1 is 1.38 bits per heavy atom. The first-order valence-electron chi connectivity index (χ1n) is 8.95. The van der Waals surface area contributed by atoms with E-state index in [1.807, 2.05) is 38.2 Å². The molecule has 4 nitrogen and oxygen atoms in total. The molecule has 4 heteroatoms. The first-order valence-corrected chi connectivity index (χ1v) is 8.95. The number of nitrogens with zero attached hydrogens (tertiary/aromatic N) is 1. The van der Waals surface area contributed by atoms with Gasteiger partial charge in [-0.1, -0.05) is 6.92 Å². The van der Waals surface area contributed by atoms with Crippen molar-refractivity contribution in [3.63, 3.8) is 0 Å². The minimum atomic E-state index is -0.560. The van der Waals surface area contributed by atoms with Crippen LogP contribution in [0.1, 0.15) is 52.0 Å². The molecule has 1 aliphatic rings. The van der Waals surface area contributed by atoms with Crippen LogP contribution >= 0.6 is 0 Å². The van der Waals surface area contributed by atoms with E-state index in [0.717, 1.165) is 48.0 Å². The average Bonchev–Trinajstić information content (AvgIpc) is 3.04. The molecule has 1 N–H and O–H groups in total. The van der Waals surface area contributed by atoms with Crippen molar-refractivity contribution >= 4 is 16.8 Å². The van der Waals surface area contributed by atoms with E-state index in [1.54, 1.807) is 7.11 Å². The number of ether oxygens (including phenoxy) is 1. The lowest BCUT2D eigenvalue weighted by Crippen LogP contribution is -2.50. The maximum Gasteiger partial charge on any atom is 0.232 e. The van der Waals surface area contributed by atoms with E-state index in [4.69, 9.17) is 4.74 Å². The van der Waals surface area contributed by atoms with E-state index >= 15 is 0 Å². The topological polar surface area (TPSA) is 45.3 Å². The highest BCUT2D eigenvalue weighted by Crippen LogP contribution is 2.35. The summed E-state index contributed by atoms with van der Waals surface area (Å²) in [6.07, 6.45) is 6.48. The molecule has 1 fully saturated rings. The van der Waals surface area contributed by atoms with Gasteiger partial charge in [-0.3, -0.25) is 4.79 Å². The number of amides is 1. The van der Waals surface area contributed by atoms with Gasteiger partial charge in [-0.15, -0.1) is 0 Å². The summed E-state index contributed by atoms with van der Waals surface area (Å²) in [4.78, 5) is 18.8. The van der Waals surface area contributed by atoms with Crippen molar-refractivity contribution in [2.45, 2.75) is 57.9 Å². The summed E-state index contributed by atoms with van der Waals surface area (Å²) in [6.45, 7) is 7.14. The van der Waals surface area contributed by atoms with Gasteiger partial charge in [0, 0.05) is 29.7 Å². The molecule has 0 aliphatic carbocycles. The normalized spacial score (nSPS) is 18.8. The second-order valence-corrected chi connectivity index (χ2v) is 7.30. The number of methoxy groups -OCH3 is 1. The number of H-pyrrole nitrogens is 1. The monoisotopic (exact) mass is 328 g/mol. The zero-order chi connectivity index (χ0) is 17.3. The number of hydrogen-bond donors (Lipinski definition) is 1. The Hall–Kier alpha value is -1.97. The van der Waals surface area contributed by atoms with Crippen LogP contribution in [-0.2, 0) is 10.2 Å². The minimum Gasteiger partial charge on any atom is -0.497 e. The average molecular weight is 328 g/mol. The smallest absolute Gasteiger partial charge is 0.232 e. The van der Waals surface area contributed by atoms with Crippen LogP contribution in [-0.4, -0.2) is 35.5 Å². The van der Waals surface area contributed by atoms with Crippen molar-refractivity contribution in [3.05, 3.63) is 30.0 Å². The van der Waals surface area contributed by atoms with E-state index in [9.17, 15) is 4.79 Å². The number of aromatic amines is 1. The van der Waals surface area contributed by atoms with Gasteiger partial charge in [0.15, 0.2) is 0 Å². The Labute approximate surface area is 144 Å². The highest BCUT2D eigenvalue weighted by atomic mass is 16.5. The van der Waals surface area contributed by atoms with Gasteiger partial charge < -0.3 is 14.6 Å². The van der Waals surface area contributed by atoms with Crippen LogP contribution in [0.4, 0.5) is 0 Å². The van der Waals surface area contributed by atoms with Gasteiger partial charge in [-0.25, -0.2) is 0 Å². The largest absolute Gasteiger partial charge is 0.497 e. The van der Waals surface area contributed by atoms with Crippen molar-refractivity contribution in [2.75, 3.05) is 13.7 Å². The Kier molecular flexibility index (Phi) is 4.57. The molecule has 1 aromatic carbocycles. The summed E-state index contributed by atoms with van der Waals surface area (Å²) in [7, 11) is 1.67. The van der Waals surface area contributed by atoms with Gasteiger partial charge in [0.2, 0.25) is 5.91 Å². The summed E-state index contributed by atoms with van der Waals surface area (Å²) in [6, 6.07) is 6.35. The minimum absolute atomic E-state index is 0.234. The number of likely N-dealkylation sites (tertiary alicyclic amines) is 1. The molecule has 2 aromatic rings. The summed E-state index contributed by atoms with van der Waals surface area (Å²) in [5.74, 6) is 1.05. The number of carbonyl (C=O) groups excluding carboxylic acids is 1. The summed E-state index contributed by atoms with van der Waals surface area (Å²) < 4.78 is 5.36. The second kappa shape index (κ2) is 6.50. The number of carbonyl (C=O) groups is 1. The first-order chi connectivity index (χ1) is 11.5. The summed E-state index contributed by atoms with van der Waals surface area (Å²) in [5.41, 5.74) is 1.52. The quantitative estimate of drug-likeness (QED) is 0.912. The summed E-state index contributed by atoms with van der Waals surface area (Å²) >= 11 is 0. The molecule has 0 spiro atoms. The molecular formula is C20H28N2O2. The van der Waals surface area contributed by atoms with Crippen LogP contribution < -0.4 is 4.74 Å². The standard InChI is InChI=1S/C20H28N2O2/c1-5-14-8-6-7-11-22(14)19(23)20(2,3)17-13-21-18-10-9-15(24-4)12-16(17)18/h9-10,12-14,21H,5-8,11H2,1-4H3. The molecule has 1 amide bonds. The third-order valence-electron chi connectivity index (χ3n) is 5.46. The molecule has 1 saturated heterocycles. The molecular weight excluding hydrogens is 300 g/mol. The lowest BCUT2D eigenvalue weighted by atomic mass is 9.81. The second-order valence-electron chi connectivity index (χ2n) is 7.30. The SMILES string of the molecule is CCC1CCCCN1C(=O)C(C)(C)c1c[nH]c2ccc(OC)cc12. The lowest BCUT2D eigenvalue weighted by Gasteiger charge is -2.40. The first kappa shape index (κ1) is 16.9. The number of nitrogens with one attached hydrogen (secondary N) is 1. The molecule has 1 unspecified atom stereocenters. The highest BCUT2D eigenvalue weighted by Gasteiger charge is 2.38. The Balaban J connectivity index is 1.98. The molecule has 1 atom stereocenters. The van der Waals surface area contributed by atoms with Gasteiger partial charge >= 0.3 is 0 Å². The Bertz CT molecular complexity index is 732. The fraction of sp³-hybridized carbons (Fsp3) is 0.550. The van der Waals surface area contributed by atoms with E-state index in [1.165, 1.54) is 6.42 Å². The molecule has 0 radical (unpaired) electrons. The van der Waals surface area contributed by atoms with Crippen LogP contribution in [0, 0.1) is 0 Å². The van der Waals surface area contributed by atoms with Crippen LogP contribution in [0.3, 0.4) is 0 Å². The van der Waals surface area contributed by atoms with Crippen LogP contribution in [0.25, 0.3) is 10.9 Å². The third-order valence-corrected chi connectivity index (χ3v) is 5.46. The molecule has 1 aromatic heterocycles. The number of benzene rings is 1. The number of fused-ring (bicyclic) bond motifs is 1. The van der Waals surface area contributed by atoms with E-state index in [-0.39, 0.29) is 5.91 Å². The van der Waals surface area contributed by atoms with Crippen molar-refractivity contribution in [1.82, 2.24) is 9.88 Å². The van der Waals surface area contributed by atoms with Crippen LogP contribution in [0.2, 0.25) is 0 Å². The van der Waals surface area contributed by atoms with E-state index in [0.29, 0.717) is 6.04 Å². The van der Waals surface area contributed by atoms with Crippen molar-refractivity contribution in [3.8, 4) is 5.75 Å². The Morgan fingerprint density at radius 2 is 2.17 bits per heavy atom. The van der Waals surface area contributed by atoms with Crippen LogP contribution in [0.15, 0.2) is 24.4 Å². The molecule has 130 valence electrons. The Morgan fingerprint density at radius 3 is 2.88 bits per heavy atom. The third kappa shape index (κ3) is 2.79. The van der Waals surface area contributed by atoms with Crippen molar-refractivity contribution in [2.24, 2.45) is 0 Å². The van der Waals surface area contributed by atoms with E-state index in [2.05, 4.69) is 16.8 Å². The number of piperidine rings is 1. The number of rotatable bonds is 4. The molecule has 0 bridgehead atoms. The molecule has 2 heterocycles. The molecule has 1 aliphatic heterocycles. The predicted molar refractivity (Wildman–Crippen MR) is 97.5 cm³/mol. The summed E-state index contributed by atoms with van der Waals surface area (Å²) in [5, 5.41) is 1.07. The zero-order valence-corrected chi connectivity index (χ0v) is 15.2. The molecule has 24 heavy (non-hydrogen) atoms. The predicted octanol–water partition coefficient (Wildman–Crippen LogP) is 4.25. The fourth-order valence-corrected chi connectivity index (χ4v) is 3.91.